The van der Waals surface area contributed by atoms with Gasteiger partial charge < -0.3 is 14.2 Å². The van der Waals surface area contributed by atoms with E-state index in [0.717, 1.165) is 11.1 Å². The minimum Gasteiger partial charge on any atom is -0.496 e. The van der Waals surface area contributed by atoms with Gasteiger partial charge in [0.2, 0.25) is 11.3 Å². The number of carbonyl (C=O) groups is 2. The van der Waals surface area contributed by atoms with Gasteiger partial charge in [-0.25, -0.2) is 0 Å². The molecule has 0 amide bonds. The maximum atomic E-state index is 13.6. The Balaban J connectivity index is 2.15. The van der Waals surface area contributed by atoms with E-state index < -0.39 is 19.1 Å². The number of methoxy groups -OCH3 is 3. The van der Waals surface area contributed by atoms with Crippen molar-refractivity contribution in [1.82, 2.24) is 0 Å². The Kier molecular flexibility index (Phi) is 7.06. The second-order valence-electron chi connectivity index (χ2n) is 7.09. The lowest BCUT2D eigenvalue weighted by molar-refractivity contribution is 0.103. The molecule has 0 aliphatic rings. The van der Waals surface area contributed by atoms with Crippen LogP contribution in [0, 0.1) is 13.8 Å². The van der Waals surface area contributed by atoms with E-state index in [0.29, 0.717) is 11.3 Å². The zero-order chi connectivity index (χ0) is 23.4. The van der Waals surface area contributed by atoms with E-state index >= 15 is 0 Å². The SMILES string of the molecule is COc1ccc(OC)c(C(=O)c2ccccc2[P](=O)C(=O)c2c(C)cccc2C)c1OC. The number of hydrogen-bond donors (Lipinski definition) is 0. The molecule has 3 aromatic rings. The minimum absolute atomic E-state index is 0.129. The molecule has 0 spiro atoms. The van der Waals surface area contributed by atoms with Crippen LogP contribution in [0.3, 0.4) is 0 Å². The molecule has 0 heterocycles. The van der Waals surface area contributed by atoms with E-state index in [-0.39, 0.29) is 27.9 Å². The van der Waals surface area contributed by atoms with Crippen molar-refractivity contribution in [3.8, 4) is 17.2 Å². The molecule has 3 aromatic carbocycles. The van der Waals surface area contributed by atoms with Gasteiger partial charge in [0.1, 0.15) is 11.3 Å². The third kappa shape index (κ3) is 4.14. The molecular formula is C25H24O6P. The van der Waals surface area contributed by atoms with Crippen LogP contribution < -0.4 is 19.5 Å². The van der Waals surface area contributed by atoms with Crippen molar-refractivity contribution in [2.45, 2.75) is 13.8 Å². The van der Waals surface area contributed by atoms with Crippen molar-refractivity contribution in [3.05, 3.63) is 82.4 Å². The second-order valence-corrected chi connectivity index (χ2v) is 8.57. The molecule has 0 N–H and O–H groups in total. The Bertz CT molecular complexity index is 1190. The summed E-state index contributed by atoms with van der Waals surface area (Å²) in [5.74, 6) is 0.345. The van der Waals surface area contributed by atoms with Crippen molar-refractivity contribution in [3.63, 3.8) is 0 Å². The summed E-state index contributed by atoms with van der Waals surface area (Å²) < 4.78 is 29.5. The van der Waals surface area contributed by atoms with E-state index in [9.17, 15) is 14.2 Å². The summed E-state index contributed by atoms with van der Waals surface area (Å²) in [7, 11) is 1.77. The average molecular weight is 451 g/mol. The minimum atomic E-state index is -2.55. The molecule has 0 fully saturated rings. The first-order valence-electron chi connectivity index (χ1n) is 9.86. The standard InChI is InChI=1S/C25H24O6P/c1-15-9-8-10-16(2)21(15)25(27)32(28)20-12-7-6-11-17(20)23(26)22-18(29-3)13-14-19(30-4)24(22)31-5/h6-14H,1-5H3. The lowest BCUT2D eigenvalue weighted by Crippen LogP contribution is -2.17. The van der Waals surface area contributed by atoms with Gasteiger partial charge in [0.15, 0.2) is 19.3 Å². The van der Waals surface area contributed by atoms with Crippen molar-refractivity contribution in [1.29, 1.82) is 0 Å². The molecule has 1 unspecified atom stereocenters. The van der Waals surface area contributed by atoms with Crippen LogP contribution in [0.2, 0.25) is 0 Å². The van der Waals surface area contributed by atoms with Crippen LogP contribution in [0.1, 0.15) is 37.4 Å². The highest BCUT2D eigenvalue weighted by Crippen LogP contribution is 2.39. The summed E-state index contributed by atoms with van der Waals surface area (Å²) in [5.41, 5.74) is 1.63. The van der Waals surface area contributed by atoms with Crippen LogP contribution in [0.25, 0.3) is 0 Å². The largest absolute Gasteiger partial charge is 0.496 e. The fourth-order valence-corrected chi connectivity index (χ4v) is 5.03. The summed E-state index contributed by atoms with van der Waals surface area (Å²) >= 11 is 0. The zero-order valence-corrected chi connectivity index (χ0v) is 19.5. The molecule has 0 bridgehead atoms. The Labute approximate surface area is 187 Å². The molecule has 0 aliphatic heterocycles. The Morgan fingerprint density at radius 1 is 0.719 bits per heavy atom. The van der Waals surface area contributed by atoms with Gasteiger partial charge in [-0.2, -0.15) is 0 Å². The molecule has 1 atom stereocenters. The number of benzene rings is 3. The summed E-state index contributed by atoms with van der Waals surface area (Å²) in [5, 5.41) is 0.159. The van der Waals surface area contributed by atoms with E-state index in [1.165, 1.54) is 27.4 Å². The van der Waals surface area contributed by atoms with Crippen molar-refractivity contribution >= 4 is 24.4 Å². The van der Waals surface area contributed by atoms with Crippen molar-refractivity contribution in [2.24, 2.45) is 0 Å². The second kappa shape index (κ2) is 9.75. The molecule has 6 nitrogen and oxygen atoms in total. The van der Waals surface area contributed by atoms with E-state index in [1.807, 2.05) is 6.07 Å². The first kappa shape index (κ1) is 23.2. The molecule has 1 radical (unpaired) electrons. The number of ketones is 1. The number of rotatable bonds is 8. The van der Waals surface area contributed by atoms with Crippen molar-refractivity contribution < 1.29 is 28.4 Å². The van der Waals surface area contributed by atoms with Gasteiger partial charge in [-0.3, -0.25) is 14.2 Å². The predicted octanol–water partition coefficient (Wildman–Crippen LogP) is 4.85. The summed E-state index contributed by atoms with van der Waals surface area (Å²) in [4.78, 5) is 26.8. The first-order chi connectivity index (χ1) is 15.3. The highest BCUT2D eigenvalue weighted by Gasteiger charge is 2.29. The predicted molar refractivity (Wildman–Crippen MR) is 123 cm³/mol. The number of aryl methyl sites for hydroxylation is 2. The molecule has 7 heteroatoms. The van der Waals surface area contributed by atoms with Crippen LogP contribution in [-0.2, 0) is 4.57 Å². The monoisotopic (exact) mass is 451 g/mol. The quantitative estimate of drug-likeness (QED) is 0.360. The van der Waals surface area contributed by atoms with Crippen LogP contribution >= 0.6 is 7.80 Å². The van der Waals surface area contributed by atoms with Gasteiger partial charge in [0.05, 0.1) is 26.6 Å². The molecule has 0 saturated carbocycles. The molecular weight excluding hydrogens is 427 g/mol. The Hall–Kier alpha value is -3.50. The topological polar surface area (TPSA) is 78.9 Å². The third-order valence-electron chi connectivity index (χ3n) is 5.20. The van der Waals surface area contributed by atoms with Gasteiger partial charge in [-0.15, -0.1) is 0 Å². The fourth-order valence-electron chi connectivity index (χ4n) is 3.63. The summed E-state index contributed by atoms with van der Waals surface area (Å²) in [6.07, 6.45) is 0. The highest BCUT2D eigenvalue weighted by atomic mass is 31.1. The smallest absolute Gasteiger partial charge is 0.247 e. The summed E-state index contributed by atoms with van der Waals surface area (Å²) in [6, 6.07) is 15.0. The number of carbonyl (C=O) groups excluding carboxylic acids is 2. The normalized spacial score (nSPS) is 11.0. The molecule has 32 heavy (non-hydrogen) atoms. The van der Waals surface area contributed by atoms with Crippen molar-refractivity contribution in [2.75, 3.05) is 21.3 Å². The lowest BCUT2D eigenvalue weighted by atomic mass is 10.0. The van der Waals surface area contributed by atoms with Gasteiger partial charge in [-0.1, -0.05) is 30.3 Å². The lowest BCUT2D eigenvalue weighted by Gasteiger charge is -2.16. The highest BCUT2D eigenvalue weighted by molar-refractivity contribution is 7.71. The first-order valence-corrected chi connectivity index (χ1v) is 11.1. The fraction of sp³-hybridized carbons (Fsp3) is 0.200. The van der Waals surface area contributed by atoms with E-state index in [2.05, 4.69) is 0 Å². The maximum absolute atomic E-state index is 13.6. The van der Waals surface area contributed by atoms with Crippen LogP contribution in [0.15, 0.2) is 54.6 Å². The van der Waals surface area contributed by atoms with E-state index in [4.69, 9.17) is 14.2 Å². The molecule has 0 aliphatic carbocycles. The third-order valence-corrected chi connectivity index (χ3v) is 6.62. The van der Waals surface area contributed by atoms with Gasteiger partial charge in [0.25, 0.3) is 0 Å². The average Bonchev–Trinajstić information content (AvgIpc) is 2.81. The maximum Gasteiger partial charge on any atom is 0.247 e. The van der Waals surface area contributed by atoms with Crippen LogP contribution in [-0.4, -0.2) is 32.6 Å². The van der Waals surface area contributed by atoms with Gasteiger partial charge in [0, 0.05) is 11.1 Å². The van der Waals surface area contributed by atoms with Crippen LogP contribution in [0.4, 0.5) is 0 Å². The van der Waals surface area contributed by atoms with Crippen LogP contribution in [0.5, 0.6) is 17.2 Å². The summed E-state index contributed by atoms with van der Waals surface area (Å²) in [6.45, 7) is 3.60. The molecule has 3 rings (SSSR count). The van der Waals surface area contributed by atoms with Gasteiger partial charge >= 0.3 is 0 Å². The van der Waals surface area contributed by atoms with Gasteiger partial charge in [-0.05, 0) is 49.2 Å². The molecule has 165 valence electrons. The molecule has 0 aromatic heterocycles. The zero-order valence-electron chi connectivity index (χ0n) is 18.6. The number of ether oxygens (including phenoxy) is 3. The van der Waals surface area contributed by atoms with E-state index in [1.54, 1.807) is 56.3 Å². The molecule has 0 saturated heterocycles. The Morgan fingerprint density at radius 2 is 1.31 bits per heavy atom. The number of hydrogen-bond acceptors (Lipinski definition) is 6. The Morgan fingerprint density at radius 3 is 1.91 bits per heavy atom.